The number of carbonyl (C=O) groups is 2. The lowest BCUT2D eigenvalue weighted by Crippen LogP contribution is -2.26. The van der Waals surface area contributed by atoms with Gasteiger partial charge in [0.05, 0.1) is 5.69 Å². The third-order valence-electron chi connectivity index (χ3n) is 3.08. The van der Waals surface area contributed by atoms with E-state index in [2.05, 4.69) is 20.9 Å². The second kappa shape index (κ2) is 6.05. The van der Waals surface area contributed by atoms with Gasteiger partial charge in [0.15, 0.2) is 5.12 Å². The molecule has 1 aromatic heterocycles. The van der Waals surface area contributed by atoms with E-state index in [1.54, 1.807) is 18.0 Å². The molecular weight excluding hydrogens is 328 g/mol. The summed E-state index contributed by atoms with van der Waals surface area (Å²) in [4.78, 5) is 29.1. The molecule has 0 saturated carbocycles. The molecule has 2 rings (SSSR count). The summed E-state index contributed by atoms with van der Waals surface area (Å²) in [7, 11) is 0. The van der Waals surface area contributed by atoms with Crippen molar-refractivity contribution in [2.24, 2.45) is 5.92 Å². The van der Waals surface area contributed by atoms with Crippen LogP contribution in [-0.4, -0.2) is 28.3 Å². The smallest absolute Gasteiger partial charge is 0.227 e. The highest BCUT2D eigenvalue weighted by molar-refractivity contribution is 9.10. The first kappa shape index (κ1) is 14.5. The minimum absolute atomic E-state index is 0.102. The Morgan fingerprint density at radius 2 is 2.37 bits per heavy atom. The quantitative estimate of drug-likeness (QED) is 0.792. The van der Waals surface area contributed by atoms with E-state index in [9.17, 15) is 9.59 Å². The van der Waals surface area contributed by atoms with Gasteiger partial charge in [-0.1, -0.05) is 11.8 Å². The van der Waals surface area contributed by atoms with E-state index in [0.717, 1.165) is 11.3 Å². The fraction of sp³-hybridized carbons (Fsp3) is 0.462. The standard InChI is InChI=1S/C13H15BrN2O2S/c1-8-3-4-15-13(14)12(8)16-6-10(5-11(16)18)7-19-9(2)17/h3-4,10H,5-7H2,1-2H3. The molecule has 1 atom stereocenters. The maximum Gasteiger partial charge on any atom is 0.227 e. The number of anilines is 1. The molecule has 1 saturated heterocycles. The summed E-state index contributed by atoms with van der Waals surface area (Å²) < 4.78 is 0.695. The average Bonchev–Trinajstić information content (AvgIpc) is 2.68. The number of amides is 1. The van der Waals surface area contributed by atoms with Crippen LogP contribution >= 0.6 is 27.7 Å². The Bertz CT molecular complexity index is 501. The second-order valence-corrected chi connectivity index (χ2v) is 6.59. The number of pyridine rings is 1. The molecule has 0 bridgehead atoms. The van der Waals surface area contributed by atoms with Crippen LogP contribution in [0.25, 0.3) is 0 Å². The molecule has 19 heavy (non-hydrogen) atoms. The molecule has 0 N–H and O–H groups in total. The van der Waals surface area contributed by atoms with Gasteiger partial charge in [-0.05, 0) is 40.4 Å². The zero-order valence-electron chi connectivity index (χ0n) is 10.9. The summed E-state index contributed by atoms with van der Waals surface area (Å²) >= 11 is 4.69. The van der Waals surface area contributed by atoms with Gasteiger partial charge in [-0.25, -0.2) is 4.98 Å². The van der Waals surface area contributed by atoms with E-state index < -0.39 is 0 Å². The highest BCUT2D eigenvalue weighted by Gasteiger charge is 2.32. The number of hydrogen-bond donors (Lipinski definition) is 0. The Labute approximate surface area is 125 Å². The molecule has 6 heteroatoms. The maximum absolute atomic E-state index is 12.1. The molecule has 1 fully saturated rings. The number of carbonyl (C=O) groups excluding carboxylic acids is 2. The van der Waals surface area contributed by atoms with Crippen molar-refractivity contribution in [3.63, 3.8) is 0 Å². The van der Waals surface area contributed by atoms with Gasteiger partial charge < -0.3 is 4.90 Å². The molecular formula is C13H15BrN2O2S. The molecule has 4 nitrogen and oxygen atoms in total. The van der Waals surface area contributed by atoms with Crippen LogP contribution in [0, 0.1) is 12.8 Å². The monoisotopic (exact) mass is 342 g/mol. The number of nitrogens with zero attached hydrogens (tertiary/aromatic N) is 2. The first-order chi connectivity index (χ1) is 8.99. The van der Waals surface area contributed by atoms with Crippen LogP contribution in [-0.2, 0) is 9.59 Å². The number of rotatable bonds is 3. The largest absolute Gasteiger partial charge is 0.309 e. The summed E-state index contributed by atoms with van der Waals surface area (Å²) in [5.41, 5.74) is 1.87. The Morgan fingerprint density at radius 3 is 3.00 bits per heavy atom. The van der Waals surface area contributed by atoms with E-state index in [0.29, 0.717) is 23.3 Å². The van der Waals surface area contributed by atoms with Gasteiger partial charge >= 0.3 is 0 Å². The second-order valence-electron chi connectivity index (χ2n) is 4.64. The van der Waals surface area contributed by atoms with E-state index >= 15 is 0 Å². The molecule has 0 aromatic carbocycles. The van der Waals surface area contributed by atoms with Gasteiger partial charge in [-0.3, -0.25) is 9.59 Å². The first-order valence-electron chi connectivity index (χ1n) is 6.04. The molecule has 1 amide bonds. The van der Waals surface area contributed by atoms with Crippen LogP contribution in [0.1, 0.15) is 18.9 Å². The van der Waals surface area contributed by atoms with Crippen molar-refractivity contribution in [1.82, 2.24) is 4.98 Å². The lowest BCUT2D eigenvalue weighted by molar-refractivity contribution is -0.117. The minimum atomic E-state index is 0.102. The molecule has 1 aliphatic rings. The summed E-state index contributed by atoms with van der Waals surface area (Å²) in [6, 6.07) is 1.89. The van der Waals surface area contributed by atoms with Crippen LogP contribution in [0.2, 0.25) is 0 Å². The van der Waals surface area contributed by atoms with Gasteiger partial charge in [-0.15, -0.1) is 0 Å². The van der Waals surface area contributed by atoms with E-state index in [4.69, 9.17) is 0 Å². The number of thioether (sulfide) groups is 1. The fourth-order valence-electron chi connectivity index (χ4n) is 2.19. The van der Waals surface area contributed by atoms with Crippen LogP contribution in [0.15, 0.2) is 16.9 Å². The topological polar surface area (TPSA) is 50.3 Å². The van der Waals surface area contributed by atoms with Gasteiger partial charge in [0.2, 0.25) is 5.91 Å². The predicted octanol–water partition coefficient (Wildman–Crippen LogP) is 2.79. The van der Waals surface area contributed by atoms with Crippen molar-refractivity contribution in [3.05, 3.63) is 22.4 Å². The van der Waals surface area contributed by atoms with Gasteiger partial charge in [-0.2, -0.15) is 0 Å². The SMILES string of the molecule is CC(=O)SCC1CC(=O)N(c2c(C)ccnc2Br)C1. The average molecular weight is 343 g/mol. The van der Waals surface area contributed by atoms with Crippen LogP contribution in [0.5, 0.6) is 0 Å². The zero-order valence-corrected chi connectivity index (χ0v) is 13.3. The highest BCUT2D eigenvalue weighted by atomic mass is 79.9. The van der Waals surface area contributed by atoms with Crippen molar-refractivity contribution in [3.8, 4) is 0 Å². The molecule has 102 valence electrons. The third-order valence-corrected chi connectivity index (χ3v) is 4.70. The number of aromatic nitrogens is 1. The normalized spacial score (nSPS) is 19.0. The van der Waals surface area contributed by atoms with Crippen LogP contribution in [0.3, 0.4) is 0 Å². The summed E-state index contributed by atoms with van der Waals surface area (Å²) in [6.45, 7) is 4.18. The van der Waals surface area contributed by atoms with Crippen molar-refractivity contribution >= 4 is 44.4 Å². The van der Waals surface area contributed by atoms with Crippen molar-refractivity contribution in [2.45, 2.75) is 20.3 Å². The van der Waals surface area contributed by atoms with E-state index in [1.165, 1.54) is 11.8 Å². The predicted molar refractivity (Wildman–Crippen MR) is 80.3 cm³/mol. The van der Waals surface area contributed by atoms with Gasteiger partial charge in [0.25, 0.3) is 0 Å². The van der Waals surface area contributed by atoms with Crippen molar-refractivity contribution < 1.29 is 9.59 Å². The zero-order chi connectivity index (χ0) is 14.0. The lowest BCUT2D eigenvalue weighted by atomic mass is 10.1. The Kier molecular flexibility index (Phi) is 4.62. The molecule has 0 aliphatic carbocycles. The van der Waals surface area contributed by atoms with Crippen molar-refractivity contribution in [1.29, 1.82) is 0 Å². The maximum atomic E-state index is 12.1. The fourth-order valence-corrected chi connectivity index (χ4v) is 3.52. The molecule has 0 spiro atoms. The molecule has 1 aliphatic heterocycles. The molecule has 1 aromatic rings. The third kappa shape index (κ3) is 3.36. The number of hydrogen-bond acceptors (Lipinski definition) is 4. The minimum Gasteiger partial charge on any atom is -0.309 e. The molecule has 1 unspecified atom stereocenters. The Morgan fingerprint density at radius 1 is 1.63 bits per heavy atom. The van der Waals surface area contributed by atoms with Gasteiger partial charge in [0.1, 0.15) is 4.60 Å². The first-order valence-corrected chi connectivity index (χ1v) is 7.81. The lowest BCUT2D eigenvalue weighted by Gasteiger charge is -2.19. The van der Waals surface area contributed by atoms with E-state index in [-0.39, 0.29) is 16.9 Å². The number of aryl methyl sites for hydroxylation is 1. The Balaban J connectivity index is 2.14. The molecule has 2 heterocycles. The Hall–Kier alpha value is -0.880. The van der Waals surface area contributed by atoms with Crippen molar-refractivity contribution in [2.75, 3.05) is 17.2 Å². The number of halogens is 1. The summed E-state index contributed by atoms with van der Waals surface area (Å²) in [6.07, 6.45) is 2.22. The highest BCUT2D eigenvalue weighted by Crippen LogP contribution is 2.33. The summed E-state index contributed by atoms with van der Waals surface area (Å²) in [5, 5.41) is 0.102. The van der Waals surface area contributed by atoms with E-state index in [1.807, 2.05) is 13.0 Å². The van der Waals surface area contributed by atoms with Crippen LogP contribution < -0.4 is 4.90 Å². The molecule has 0 radical (unpaired) electrons. The van der Waals surface area contributed by atoms with Crippen LogP contribution in [0.4, 0.5) is 5.69 Å². The van der Waals surface area contributed by atoms with Gasteiger partial charge in [0, 0.05) is 31.8 Å². The summed E-state index contributed by atoms with van der Waals surface area (Å²) in [5.74, 6) is 1.04.